The Hall–Kier alpha value is -1.03. The summed E-state index contributed by atoms with van der Waals surface area (Å²) in [5.74, 6) is 0. The highest BCUT2D eigenvalue weighted by Crippen LogP contribution is 2.33. The Labute approximate surface area is 91.5 Å². The Kier molecular flexibility index (Phi) is 2.23. The van der Waals surface area contributed by atoms with Gasteiger partial charge in [-0.05, 0) is 34.8 Å². The molecule has 2 amide bonds. The Morgan fingerprint density at radius 3 is 2.93 bits per heavy atom. The number of amides is 2. The van der Waals surface area contributed by atoms with Crippen LogP contribution in [0.25, 0.3) is 0 Å². The van der Waals surface area contributed by atoms with E-state index in [0.717, 1.165) is 16.6 Å². The lowest BCUT2D eigenvalue weighted by molar-refractivity contribution is 0.199. The highest BCUT2D eigenvalue weighted by molar-refractivity contribution is 9.12. The lowest BCUT2D eigenvalue weighted by atomic mass is 10.1. The fraction of sp³-hybridized carbons (Fsp3) is 0.300. The molecule has 0 aliphatic carbocycles. The minimum absolute atomic E-state index is 0.0153. The second kappa shape index (κ2) is 3.28. The van der Waals surface area contributed by atoms with Crippen molar-refractivity contribution in [2.45, 2.75) is 13.3 Å². The lowest BCUT2D eigenvalue weighted by Gasteiger charge is -2.33. The number of halogens is 1. The molecule has 2 aliphatic heterocycles. The first-order valence-corrected chi connectivity index (χ1v) is 5.20. The summed E-state index contributed by atoms with van der Waals surface area (Å²) in [7, 11) is 1.75. The zero-order valence-corrected chi connectivity index (χ0v) is 9.71. The second-order valence-electron chi connectivity index (χ2n) is 3.46. The van der Waals surface area contributed by atoms with Gasteiger partial charge in [0.05, 0.1) is 10.2 Å². The van der Waals surface area contributed by atoms with Crippen molar-refractivity contribution in [1.82, 2.24) is 9.80 Å². The molecular weight excluding hydrogens is 244 g/mol. The summed E-state index contributed by atoms with van der Waals surface area (Å²) in [6, 6.07) is -0.0153. The summed E-state index contributed by atoms with van der Waals surface area (Å²) in [4.78, 5) is 15.0. The van der Waals surface area contributed by atoms with E-state index >= 15 is 0 Å². The minimum atomic E-state index is -0.0153. The van der Waals surface area contributed by atoms with Gasteiger partial charge in [0.1, 0.15) is 0 Å². The van der Waals surface area contributed by atoms with Crippen LogP contribution in [0.2, 0.25) is 0 Å². The SMILES string of the molecule is CC1=C2C(Br)=CN(C)C(=O)N2C=CC1. The third-order valence-electron chi connectivity index (χ3n) is 2.36. The molecular formula is C10H11BrN2O. The highest BCUT2D eigenvalue weighted by atomic mass is 79.9. The number of nitrogens with zero attached hydrogens (tertiary/aromatic N) is 2. The van der Waals surface area contributed by atoms with E-state index in [-0.39, 0.29) is 6.03 Å². The Balaban J connectivity index is 2.53. The van der Waals surface area contributed by atoms with Crippen molar-refractivity contribution in [3.8, 4) is 0 Å². The predicted molar refractivity (Wildman–Crippen MR) is 58.5 cm³/mol. The van der Waals surface area contributed by atoms with Gasteiger partial charge in [0.25, 0.3) is 0 Å². The van der Waals surface area contributed by atoms with Gasteiger partial charge in [0.15, 0.2) is 0 Å². The van der Waals surface area contributed by atoms with Gasteiger partial charge < -0.3 is 4.90 Å². The van der Waals surface area contributed by atoms with Crippen molar-refractivity contribution < 1.29 is 4.79 Å². The van der Waals surface area contributed by atoms with E-state index in [1.54, 1.807) is 23.0 Å². The first kappa shape index (κ1) is 9.52. The summed E-state index contributed by atoms with van der Waals surface area (Å²) in [6.07, 6.45) is 6.54. The zero-order chi connectivity index (χ0) is 10.3. The van der Waals surface area contributed by atoms with Crippen LogP contribution in [0.15, 0.2) is 34.2 Å². The number of rotatable bonds is 0. The Morgan fingerprint density at radius 1 is 1.50 bits per heavy atom. The van der Waals surface area contributed by atoms with Crippen LogP contribution in [-0.4, -0.2) is 22.9 Å². The van der Waals surface area contributed by atoms with Crippen LogP contribution in [-0.2, 0) is 0 Å². The van der Waals surface area contributed by atoms with Gasteiger partial charge >= 0.3 is 6.03 Å². The van der Waals surface area contributed by atoms with Gasteiger partial charge in [-0.15, -0.1) is 0 Å². The fourth-order valence-electron chi connectivity index (χ4n) is 1.65. The molecule has 0 fully saturated rings. The smallest absolute Gasteiger partial charge is 0.302 e. The van der Waals surface area contributed by atoms with E-state index in [2.05, 4.69) is 15.9 Å². The molecule has 4 heteroatoms. The van der Waals surface area contributed by atoms with Crippen molar-refractivity contribution in [3.05, 3.63) is 34.2 Å². The van der Waals surface area contributed by atoms with Gasteiger partial charge in [0, 0.05) is 19.4 Å². The Morgan fingerprint density at radius 2 is 2.21 bits per heavy atom. The van der Waals surface area contributed by atoms with Crippen LogP contribution in [0.4, 0.5) is 4.79 Å². The van der Waals surface area contributed by atoms with Crippen molar-refractivity contribution in [2.24, 2.45) is 0 Å². The van der Waals surface area contributed by atoms with E-state index in [0.29, 0.717) is 0 Å². The third-order valence-corrected chi connectivity index (χ3v) is 2.95. The molecule has 0 atom stereocenters. The van der Waals surface area contributed by atoms with E-state index in [1.165, 1.54) is 5.57 Å². The quantitative estimate of drug-likeness (QED) is 0.652. The number of hydrogen-bond acceptors (Lipinski definition) is 1. The molecule has 2 heterocycles. The molecule has 0 radical (unpaired) electrons. The molecule has 0 unspecified atom stereocenters. The van der Waals surface area contributed by atoms with Gasteiger partial charge in [-0.25, -0.2) is 4.79 Å². The number of carbonyl (C=O) groups excluding carboxylic acids is 1. The maximum atomic E-state index is 11.8. The minimum Gasteiger partial charge on any atom is -0.302 e. The third kappa shape index (κ3) is 1.30. The highest BCUT2D eigenvalue weighted by Gasteiger charge is 2.28. The van der Waals surface area contributed by atoms with Crippen LogP contribution < -0.4 is 0 Å². The Bertz CT molecular complexity index is 382. The van der Waals surface area contributed by atoms with Crippen molar-refractivity contribution in [3.63, 3.8) is 0 Å². The molecule has 0 saturated heterocycles. The van der Waals surface area contributed by atoms with E-state index in [9.17, 15) is 4.79 Å². The summed E-state index contributed by atoms with van der Waals surface area (Å²) < 4.78 is 0.960. The number of hydrogen-bond donors (Lipinski definition) is 0. The summed E-state index contributed by atoms with van der Waals surface area (Å²) >= 11 is 3.47. The fourth-order valence-corrected chi connectivity index (χ4v) is 2.48. The van der Waals surface area contributed by atoms with Crippen LogP contribution in [0.3, 0.4) is 0 Å². The molecule has 74 valence electrons. The molecule has 3 nitrogen and oxygen atoms in total. The maximum absolute atomic E-state index is 11.8. The molecule has 0 aromatic carbocycles. The summed E-state index contributed by atoms with van der Waals surface area (Å²) in [5.41, 5.74) is 2.19. The number of allylic oxidation sites excluding steroid dienone is 3. The average Bonchev–Trinajstić information content (AvgIpc) is 2.14. The molecule has 0 aromatic heterocycles. The van der Waals surface area contributed by atoms with Crippen LogP contribution in [0, 0.1) is 0 Å². The zero-order valence-electron chi connectivity index (χ0n) is 8.12. The summed E-state index contributed by atoms with van der Waals surface area (Å²) in [5, 5.41) is 0. The molecule has 0 aromatic rings. The van der Waals surface area contributed by atoms with Crippen molar-refractivity contribution in [2.75, 3.05) is 7.05 Å². The molecule has 2 aliphatic rings. The normalized spacial score (nSPS) is 21.4. The molecule has 0 saturated carbocycles. The number of carbonyl (C=O) groups is 1. The van der Waals surface area contributed by atoms with Gasteiger partial charge in [0.2, 0.25) is 0 Å². The van der Waals surface area contributed by atoms with Gasteiger partial charge in [-0.1, -0.05) is 6.08 Å². The molecule has 14 heavy (non-hydrogen) atoms. The first-order chi connectivity index (χ1) is 6.61. The van der Waals surface area contributed by atoms with Gasteiger partial charge in [-0.3, -0.25) is 4.90 Å². The second-order valence-corrected chi connectivity index (χ2v) is 4.31. The molecule has 0 spiro atoms. The monoisotopic (exact) mass is 254 g/mol. The van der Waals surface area contributed by atoms with Crippen LogP contribution >= 0.6 is 15.9 Å². The van der Waals surface area contributed by atoms with Crippen molar-refractivity contribution >= 4 is 22.0 Å². The van der Waals surface area contributed by atoms with Gasteiger partial charge in [-0.2, -0.15) is 0 Å². The topological polar surface area (TPSA) is 23.6 Å². The molecule has 0 N–H and O–H groups in total. The standard InChI is InChI=1S/C10H11BrN2O/c1-7-4-3-5-13-9(7)8(11)6-12(2)10(13)14/h3,5-6H,4H2,1-2H3. The number of urea groups is 1. The summed E-state index contributed by atoms with van der Waals surface area (Å²) in [6.45, 7) is 2.04. The van der Waals surface area contributed by atoms with E-state index < -0.39 is 0 Å². The van der Waals surface area contributed by atoms with Crippen molar-refractivity contribution in [1.29, 1.82) is 0 Å². The average molecular weight is 255 g/mol. The number of fused-ring (bicyclic) bond motifs is 1. The lowest BCUT2D eigenvalue weighted by Crippen LogP contribution is -2.39. The molecule has 0 bridgehead atoms. The maximum Gasteiger partial charge on any atom is 0.332 e. The van der Waals surface area contributed by atoms with Crippen LogP contribution in [0.1, 0.15) is 13.3 Å². The molecule has 2 rings (SSSR count). The predicted octanol–water partition coefficient (Wildman–Crippen LogP) is 2.78. The largest absolute Gasteiger partial charge is 0.332 e. The first-order valence-electron chi connectivity index (χ1n) is 4.41. The van der Waals surface area contributed by atoms with E-state index in [4.69, 9.17) is 0 Å². The van der Waals surface area contributed by atoms with Crippen LogP contribution in [0.5, 0.6) is 0 Å². The van der Waals surface area contributed by atoms with E-state index in [1.807, 2.05) is 19.2 Å².